The summed E-state index contributed by atoms with van der Waals surface area (Å²) in [5, 5.41) is 4.96. The second-order valence-corrected chi connectivity index (χ2v) is 18.2. The minimum Gasteiger partial charge on any atom is -0.309 e. The van der Waals surface area contributed by atoms with Crippen molar-refractivity contribution in [3.05, 3.63) is 168 Å². The van der Waals surface area contributed by atoms with Gasteiger partial charge in [-0.2, -0.15) is 0 Å². The maximum absolute atomic E-state index is 15.3. The van der Waals surface area contributed by atoms with Gasteiger partial charge in [0.05, 0.1) is 0 Å². The highest BCUT2D eigenvalue weighted by atomic mass is 31.2. The van der Waals surface area contributed by atoms with E-state index in [0.29, 0.717) is 0 Å². The number of fused-ring (bicyclic) bond motifs is 3. The SMILES string of the molecule is Cc1ccc(P(=O)(c2ccccc2)c2ccc3c(c2)C(C)(C)c2cc(P(=O)(c4ccccc4)c4ccc(C)cc4)ccc2-3)cc1. The molecule has 1 aliphatic rings. The summed E-state index contributed by atoms with van der Waals surface area (Å²) in [6.45, 7) is 8.56. The molecule has 2 atom stereocenters. The third-order valence-corrected chi connectivity index (χ3v) is 15.5. The van der Waals surface area contributed by atoms with Crippen molar-refractivity contribution >= 4 is 46.1 Å². The smallest absolute Gasteiger partial charge is 0.171 e. The molecule has 0 spiro atoms. The fourth-order valence-electron chi connectivity index (χ4n) is 6.78. The fourth-order valence-corrected chi connectivity index (χ4v) is 12.1. The molecule has 0 radical (unpaired) electrons. The van der Waals surface area contributed by atoms with Crippen molar-refractivity contribution in [1.82, 2.24) is 0 Å². The third-order valence-electron chi connectivity index (χ3n) is 9.41. The van der Waals surface area contributed by atoms with Crippen molar-refractivity contribution in [2.75, 3.05) is 0 Å². The van der Waals surface area contributed by atoms with Crippen molar-refractivity contribution in [1.29, 1.82) is 0 Å². The molecule has 4 heteroatoms. The summed E-state index contributed by atoms with van der Waals surface area (Å²) in [7, 11) is -6.29. The predicted molar refractivity (Wildman–Crippen MR) is 192 cm³/mol. The molecule has 6 aromatic carbocycles. The molecular formula is C41H36O2P2. The summed E-state index contributed by atoms with van der Waals surface area (Å²) in [4.78, 5) is 0. The van der Waals surface area contributed by atoms with Crippen molar-refractivity contribution in [2.24, 2.45) is 0 Å². The molecule has 6 aromatic rings. The van der Waals surface area contributed by atoms with Crippen LogP contribution in [0.15, 0.2) is 146 Å². The Labute approximate surface area is 266 Å². The van der Waals surface area contributed by atoms with Gasteiger partial charge in [-0.15, -0.1) is 0 Å². The average molecular weight is 623 g/mol. The number of hydrogen-bond donors (Lipinski definition) is 0. The van der Waals surface area contributed by atoms with E-state index in [-0.39, 0.29) is 5.41 Å². The van der Waals surface area contributed by atoms with Crippen LogP contribution in [0.1, 0.15) is 36.1 Å². The Balaban J connectivity index is 1.39. The Kier molecular flexibility index (Phi) is 7.20. The Morgan fingerprint density at radius 1 is 0.400 bits per heavy atom. The molecular weight excluding hydrogens is 586 g/mol. The third kappa shape index (κ3) is 4.71. The van der Waals surface area contributed by atoms with Crippen LogP contribution in [-0.4, -0.2) is 0 Å². The van der Waals surface area contributed by atoms with Gasteiger partial charge >= 0.3 is 0 Å². The molecule has 0 heterocycles. The van der Waals surface area contributed by atoms with E-state index < -0.39 is 14.3 Å². The topological polar surface area (TPSA) is 34.1 Å². The highest BCUT2D eigenvalue weighted by Crippen LogP contribution is 2.52. The zero-order valence-electron chi connectivity index (χ0n) is 26.1. The van der Waals surface area contributed by atoms with E-state index in [0.717, 1.165) is 65.2 Å². The van der Waals surface area contributed by atoms with Gasteiger partial charge in [-0.3, -0.25) is 0 Å². The summed E-state index contributed by atoms with van der Waals surface area (Å²) < 4.78 is 30.6. The molecule has 45 heavy (non-hydrogen) atoms. The van der Waals surface area contributed by atoms with Crippen LogP contribution < -0.4 is 31.8 Å². The monoisotopic (exact) mass is 622 g/mol. The van der Waals surface area contributed by atoms with Crippen LogP contribution in [0.3, 0.4) is 0 Å². The predicted octanol–water partition coefficient (Wildman–Crippen LogP) is 7.89. The fraction of sp³-hybridized carbons (Fsp3) is 0.122. The number of hydrogen-bond acceptors (Lipinski definition) is 2. The van der Waals surface area contributed by atoms with Crippen LogP contribution >= 0.6 is 14.3 Å². The van der Waals surface area contributed by atoms with Crippen LogP contribution in [-0.2, 0) is 14.5 Å². The van der Waals surface area contributed by atoms with Crippen LogP contribution in [0.5, 0.6) is 0 Å². The molecule has 0 N–H and O–H groups in total. The zero-order valence-corrected chi connectivity index (χ0v) is 27.9. The Hall–Kier alpha value is -4.22. The van der Waals surface area contributed by atoms with E-state index in [9.17, 15) is 0 Å². The van der Waals surface area contributed by atoms with E-state index >= 15 is 9.13 Å². The van der Waals surface area contributed by atoms with Gasteiger partial charge in [-0.1, -0.05) is 158 Å². The molecule has 0 aromatic heterocycles. The number of rotatable bonds is 6. The van der Waals surface area contributed by atoms with Crippen molar-refractivity contribution in [3.8, 4) is 11.1 Å². The van der Waals surface area contributed by atoms with E-state index in [1.165, 1.54) is 0 Å². The minimum atomic E-state index is -3.15. The summed E-state index contributed by atoms with van der Waals surface area (Å²) in [6, 6.07) is 48.6. The van der Waals surface area contributed by atoms with Crippen molar-refractivity contribution in [2.45, 2.75) is 33.1 Å². The minimum absolute atomic E-state index is 0.389. The molecule has 0 fully saturated rings. The van der Waals surface area contributed by atoms with Crippen LogP contribution in [0.25, 0.3) is 11.1 Å². The summed E-state index contributed by atoms with van der Waals surface area (Å²) in [6.07, 6.45) is 0. The largest absolute Gasteiger partial charge is 0.309 e. The average Bonchev–Trinajstić information content (AvgIpc) is 3.30. The molecule has 2 unspecified atom stereocenters. The standard InChI is InChI=1S/C41H36O2P2/c1-29-15-19-33(20-16-29)44(42,31-11-7-5-8-12-31)35-23-25-37-38-26-24-36(28-40(38)41(3,4)39(37)27-35)45(43,32-13-9-6-10-14-32)34-21-17-30(2)18-22-34/h5-28H,1-4H3. The van der Waals surface area contributed by atoms with E-state index in [4.69, 9.17) is 0 Å². The van der Waals surface area contributed by atoms with Crippen LogP contribution in [0, 0.1) is 13.8 Å². The maximum Gasteiger partial charge on any atom is 0.171 e. The summed E-state index contributed by atoms with van der Waals surface area (Å²) >= 11 is 0. The van der Waals surface area contributed by atoms with Gasteiger partial charge < -0.3 is 9.13 Å². The second-order valence-electron chi connectivity index (χ2n) is 12.6. The quantitative estimate of drug-likeness (QED) is 0.177. The Bertz CT molecular complexity index is 1980. The summed E-state index contributed by atoms with van der Waals surface area (Å²) in [5.74, 6) is 0. The van der Waals surface area contributed by atoms with Gasteiger partial charge in [-0.25, -0.2) is 0 Å². The lowest BCUT2D eigenvalue weighted by Gasteiger charge is -2.26. The Morgan fingerprint density at radius 3 is 1.07 bits per heavy atom. The van der Waals surface area contributed by atoms with E-state index in [2.05, 4.69) is 52.0 Å². The lowest BCUT2D eigenvalue weighted by Crippen LogP contribution is -2.27. The van der Waals surface area contributed by atoms with Crippen molar-refractivity contribution in [3.63, 3.8) is 0 Å². The molecule has 1 aliphatic carbocycles. The van der Waals surface area contributed by atoms with Crippen LogP contribution in [0.4, 0.5) is 0 Å². The first-order valence-electron chi connectivity index (χ1n) is 15.4. The van der Waals surface area contributed by atoms with Gasteiger partial charge in [0, 0.05) is 37.2 Å². The second kappa shape index (κ2) is 11.0. The highest BCUT2D eigenvalue weighted by molar-refractivity contribution is 7.85. The molecule has 222 valence electrons. The molecule has 0 aliphatic heterocycles. The Morgan fingerprint density at radius 2 is 0.711 bits per heavy atom. The first-order chi connectivity index (χ1) is 21.6. The van der Waals surface area contributed by atoms with Crippen LogP contribution in [0.2, 0.25) is 0 Å². The molecule has 0 saturated heterocycles. The first kappa shape index (κ1) is 29.5. The van der Waals surface area contributed by atoms with E-state index in [1.54, 1.807) is 0 Å². The molecule has 0 saturated carbocycles. The van der Waals surface area contributed by atoms with Gasteiger partial charge in [0.15, 0.2) is 14.3 Å². The lowest BCUT2D eigenvalue weighted by molar-refractivity contribution is 0.591. The van der Waals surface area contributed by atoms with E-state index in [1.807, 2.05) is 121 Å². The molecule has 7 rings (SSSR count). The molecule has 0 amide bonds. The first-order valence-corrected chi connectivity index (χ1v) is 18.8. The number of aryl methyl sites for hydroxylation is 2. The molecule has 0 bridgehead atoms. The van der Waals surface area contributed by atoms with Crippen molar-refractivity contribution < 1.29 is 9.13 Å². The number of benzene rings is 6. The normalized spacial score (nSPS) is 15.8. The van der Waals surface area contributed by atoms with Gasteiger partial charge in [-0.05, 0) is 48.2 Å². The molecule has 2 nitrogen and oxygen atoms in total. The zero-order chi connectivity index (χ0) is 31.4. The highest BCUT2D eigenvalue weighted by Gasteiger charge is 2.40. The van der Waals surface area contributed by atoms with Gasteiger partial charge in [0.1, 0.15) is 0 Å². The van der Waals surface area contributed by atoms with Gasteiger partial charge in [0.25, 0.3) is 0 Å². The van der Waals surface area contributed by atoms with Gasteiger partial charge in [0.2, 0.25) is 0 Å². The lowest BCUT2D eigenvalue weighted by atomic mass is 9.82. The maximum atomic E-state index is 15.3. The summed E-state index contributed by atoms with van der Waals surface area (Å²) in [5.41, 5.74) is 6.44.